The Labute approximate surface area is 99.0 Å². The molecule has 5 N–H and O–H groups in total. The molecule has 0 saturated carbocycles. The van der Waals surface area contributed by atoms with Gasteiger partial charge in [-0.25, -0.2) is 10.6 Å². The van der Waals surface area contributed by atoms with E-state index in [0.717, 1.165) is 0 Å². The van der Waals surface area contributed by atoms with E-state index in [0.29, 0.717) is 11.4 Å². The fraction of sp³-hybridized carbons (Fsp3) is 0.182. The first-order valence-electron chi connectivity index (χ1n) is 4.86. The number of hydrogen-bond acceptors (Lipinski definition) is 5. The Morgan fingerprint density at radius 1 is 1.41 bits per heavy atom. The molecular weight excluding hydrogens is 222 g/mol. The van der Waals surface area contributed by atoms with Crippen molar-refractivity contribution >= 4 is 11.7 Å². The van der Waals surface area contributed by atoms with Crippen LogP contribution in [-0.2, 0) is 4.79 Å². The Hall–Kier alpha value is -2.21. The third kappa shape index (κ3) is 2.67. The van der Waals surface area contributed by atoms with Crippen LogP contribution in [0.2, 0.25) is 0 Å². The van der Waals surface area contributed by atoms with E-state index in [-0.39, 0.29) is 11.4 Å². The second kappa shape index (κ2) is 5.22. The third-order valence-electron chi connectivity index (χ3n) is 2.33. The monoisotopic (exact) mass is 237 g/mol. The summed E-state index contributed by atoms with van der Waals surface area (Å²) in [5, 5.41) is 9.96. The molecule has 0 fully saturated rings. The zero-order chi connectivity index (χ0) is 13.0. The molecule has 0 saturated heterocycles. The Bertz CT molecular complexity index is 457. The Balaban J connectivity index is 3.17. The van der Waals surface area contributed by atoms with Crippen LogP contribution in [-0.4, -0.2) is 18.2 Å². The van der Waals surface area contributed by atoms with Crippen LogP contribution >= 0.6 is 0 Å². The van der Waals surface area contributed by atoms with E-state index >= 15 is 0 Å². The first-order valence-corrected chi connectivity index (χ1v) is 4.86. The maximum Gasteiger partial charge on any atom is 0.353 e. The van der Waals surface area contributed by atoms with Gasteiger partial charge in [0.05, 0.1) is 18.5 Å². The number of nitrogens with zero attached hydrogens (tertiary/aromatic N) is 1. The predicted octanol–water partition coefficient (Wildman–Crippen LogP) is 0.650. The van der Waals surface area contributed by atoms with Gasteiger partial charge in [0, 0.05) is 0 Å². The van der Waals surface area contributed by atoms with Gasteiger partial charge in [-0.15, -0.1) is 0 Å². The number of rotatable bonds is 4. The van der Waals surface area contributed by atoms with Crippen LogP contribution in [0, 0.1) is 0 Å². The van der Waals surface area contributed by atoms with Crippen LogP contribution in [0.1, 0.15) is 6.92 Å². The lowest BCUT2D eigenvalue weighted by atomic mass is 10.2. The minimum Gasteiger partial charge on any atom is -0.495 e. The maximum absolute atomic E-state index is 10.7. The van der Waals surface area contributed by atoms with Crippen molar-refractivity contribution in [3.05, 3.63) is 35.7 Å². The Morgan fingerprint density at radius 2 is 2.00 bits per heavy atom. The first kappa shape index (κ1) is 12.9. The number of benzene rings is 1. The van der Waals surface area contributed by atoms with Gasteiger partial charge in [-0.1, -0.05) is 12.1 Å². The van der Waals surface area contributed by atoms with E-state index in [2.05, 4.69) is 0 Å². The Morgan fingerprint density at radius 3 is 2.53 bits per heavy atom. The first-order chi connectivity index (χ1) is 7.99. The van der Waals surface area contributed by atoms with Crippen molar-refractivity contribution < 1.29 is 14.6 Å². The summed E-state index contributed by atoms with van der Waals surface area (Å²) in [4.78, 5) is 10.7. The molecule has 0 aromatic heterocycles. The predicted molar refractivity (Wildman–Crippen MR) is 64.2 cm³/mol. The van der Waals surface area contributed by atoms with Crippen LogP contribution in [0.5, 0.6) is 5.75 Å². The van der Waals surface area contributed by atoms with Crippen LogP contribution in [0.3, 0.4) is 0 Å². The van der Waals surface area contributed by atoms with Crippen molar-refractivity contribution in [1.29, 1.82) is 0 Å². The molecule has 6 nitrogen and oxygen atoms in total. The number of anilines is 1. The highest BCUT2D eigenvalue weighted by molar-refractivity contribution is 5.87. The number of hydrogen-bond donors (Lipinski definition) is 3. The van der Waals surface area contributed by atoms with Crippen molar-refractivity contribution in [2.75, 3.05) is 12.1 Å². The zero-order valence-electron chi connectivity index (χ0n) is 9.68. The van der Waals surface area contributed by atoms with E-state index in [1.165, 1.54) is 19.0 Å². The van der Waals surface area contributed by atoms with Gasteiger partial charge in [-0.2, -0.15) is 0 Å². The summed E-state index contributed by atoms with van der Waals surface area (Å²) in [5.41, 5.74) is 5.88. The van der Waals surface area contributed by atoms with Gasteiger partial charge < -0.3 is 15.6 Å². The van der Waals surface area contributed by atoms with Crippen LogP contribution in [0.15, 0.2) is 35.7 Å². The van der Waals surface area contributed by atoms with Crippen molar-refractivity contribution in [2.24, 2.45) is 11.6 Å². The number of ether oxygens (including phenoxy) is 1. The molecule has 6 heteroatoms. The minimum atomic E-state index is -1.21. The molecular formula is C11H15N3O3. The fourth-order valence-electron chi connectivity index (χ4n) is 1.29. The lowest BCUT2D eigenvalue weighted by Crippen LogP contribution is -2.33. The number of hydrazine groups is 1. The summed E-state index contributed by atoms with van der Waals surface area (Å²) in [5.74, 6) is 5.13. The van der Waals surface area contributed by atoms with Crippen molar-refractivity contribution in [3.8, 4) is 5.75 Å². The molecule has 0 heterocycles. The lowest BCUT2D eigenvalue weighted by molar-refractivity contribution is -0.132. The molecule has 1 rings (SSSR count). The molecule has 0 radical (unpaired) electrons. The molecule has 0 aliphatic carbocycles. The second-order valence-electron chi connectivity index (χ2n) is 3.35. The summed E-state index contributed by atoms with van der Waals surface area (Å²) < 4.78 is 5.12. The molecule has 1 aromatic carbocycles. The van der Waals surface area contributed by atoms with E-state index in [4.69, 9.17) is 21.4 Å². The van der Waals surface area contributed by atoms with E-state index in [9.17, 15) is 4.79 Å². The van der Waals surface area contributed by atoms with Crippen molar-refractivity contribution in [3.63, 3.8) is 0 Å². The number of para-hydroxylation sites is 2. The highest BCUT2D eigenvalue weighted by Gasteiger charge is 2.15. The van der Waals surface area contributed by atoms with E-state index in [1.54, 1.807) is 24.3 Å². The molecule has 92 valence electrons. The smallest absolute Gasteiger partial charge is 0.353 e. The van der Waals surface area contributed by atoms with Gasteiger partial charge in [0.25, 0.3) is 0 Å². The Kier molecular flexibility index (Phi) is 3.95. The topological polar surface area (TPSA) is 102 Å². The average molecular weight is 237 g/mol. The maximum atomic E-state index is 10.7. The molecule has 1 aromatic rings. The van der Waals surface area contributed by atoms with Crippen LogP contribution in [0.25, 0.3) is 0 Å². The van der Waals surface area contributed by atoms with Gasteiger partial charge in [-0.3, -0.25) is 5.01 Å². The van der Waals surface area contributed by atoms with Crippen LogP contribution in [0.4, 0.5) is 5.69 Å². The summed E-state index contributed by atoms with van der Waals surface area (Å²) in [7, 11) is 1.51. The third-order valence-corrected chi connectivity index (χ3v) is 2.33. The van der Waals surface area contributed by atoms with Gasteiger partial charge in [0.1, 0.15) is 11.4 Å². The van der Waals surface area contributed by atoms with Crippen molar-refractivity contribution in [2.45, 2.75) is 6.92 Å². The number of methoxy groups -OCH3 is 1. The highest BCUT2D eigenvalue weighted by Crippen LogP contribution is 2.28. The highest BCUT2D eigenvalue weighted by atomic mass is 16.5. The number of allylic oxidation sites excluding steroid dienone is 1. The summed E-state index contributed by atoms with van der Waals surface area (Å²) in [6, 6.07) is 6.98. The van der Waals surface area contributed by atoms with Gasteiger partial charge >= 0.3 is 5.97 Å². The molecule has 0 aliphatic heterocycles. The summed E-state index contributed by atoms with van der Waals surface area (Å²) in [6.45, 7) is 1.52. The standard InChI is InChI=1S/C11H15N3O3/c1-7(10(12)11(15)16)14(13)8-5-3-4-6-9(8)17-2/h3-6H,12-13H2,1-2H3,(H,15,16)/b10-7-. The van der Waals surface area contributed by atoms with E-state index < -0.39 is 5.97 Å². The molecule has 0 atom stereocenters. The van der Waals surface area contributed by atoms with E-state index in [1.807, 2.05) is 0 Å². The fourth-order valence-corrected chi connectivity index (χ4v) is 1.29. The van der Waals surface area contributed by atoms with Gasteiger partial charge in [-0.05, 0) is 19.1 Å². The molecule has 0 aliphatic rings. The average Bonchev–Trinajstić information content (AvgIpc) is 2.35. The van der Waals surface area contributed by atoms with Gasteiger partial charge in [0.2, 0.25) is 0 Å². The van der Waals surface area contributed by atoms with Crippen molar-refractivity contribution in [1.82, 2.24) is 0 Å². The number of carboxylic acid groups (broad SMARTS) is 1. The quantitative estimate of drug-likeness (QED) is 0.403. The second-order valence-corrected chi connectivity index (χ2v) is 3.35. The number of nitrogens with two attached hydrogens (primary N) is 2. The SMILES string of the molecule is COc1ccccc1N(N)/C(C)=C(\N)C(=O)O. The molecule has 0 spiro atoms. The minimum absolute atomic E-state index is 0.238. The number of carboxylic acids is 1. The summed E-state index contributed by atoms with van der Waals surface area (Å²) in [6.07, 6.45) is 0. The molecule has 17 heavy (non-hydrogen) atoms. The molecule has 0 bridgehead atoms. The number of aliphatic carboxylic acids is 1. The largest absolute Gasteiger partial charge is 0.495 e. The summed E-state index contributed by atoms with van der Waals surface area (Å²) >= 11 is 0. The lowest BCUT2D eigenvalue weighted by Gasteiger charge is -2.22. The zero-order valence-corrected chi connectivity index (χ0v) is 9.68. The molecule has 0 amide bonds. The van der Waals surface area contributed by atoms with Crippen LogP contribution < -0.4 is 21.3 Å². The van der Waals surface area contributed by atoms with Gasteiger partial charge in [0.15, 0.2) is 0 Å². The normalized spacial score (nSPS) is 11.7. The number of carbonyl (C=O) groups is 1. The molecule has 0 unspecified atom stereocenters.